The highest BCUT2D eigenvalue weighted by Gasteiger charge is 2.27. The van der Waals surface area contributed by atoms with Crippen LogP contribution in [0.2, 0.25) is 5.02 Å². The number of aryl methyl sites for hydroxylation is 2. The highest BCUT2D eigenvalue weighted by atomic mass is 35.5. The molecule has 0 fully saturated rings. The number of nitrogens with two attached hydrogens (primary N) is 2. The van der Waals surface area contributed by atoms with Crippen LogP contribution in [0.25, 0.3) is 0 Å². The number of carbonyl (C=O) groups is 1. The van der Waals surface area contributed by atoms with Crippen LogP contribution in [-0.4, -0.2) is 44.7 Å². The van der Waals surface area contributed by atoms with Gasteiger partial charge in [0.2, 0.25) is 16.0 Å². The van der Waals surface area contributed by atoms with E-state index in [0.29, 0.717) is 40.5 Å². The molecule has 10 nitrogen and oxygen atoms in total. The van der Waals surface area contributed by atoms with E-state index in [-0.39, 0.29) is 23.9 Å². The van der Waals surface area contributed by atoms with Crippen LogP contribution in [-0.2, 0) is 26.1 Å². The molecule has 0 saturated carbocycles. The van der Waals surface area contributed by atoms with Gasteiger partial charge < -0.3 is 26.1 Å². The van der Waals surface area contributed by atoms with Crippen LogP contribution in [0.15, 0.2) is 46.4 Å². The van der Waals surface area contributed by atoms with Crippen LogP contribution in [0.1, 0.15) is 23.1 Å². The third kappa shape index (κ3) is 8.12. The zero-order chi connectivity index (χ0) is 24.6. The second-order valence-electron chi connectivity index (χ2n) is 7.28. The molecule has 0 spiro atoms. The van der Waals surface area contributed by atoms with Crippen molar-refractivity contribution in [2.24, 2.45) is 16.6 Å². The molecule has 2 rings (SSSR count). The van der Waals surface area contributed by atoms with Crippen LogP contribution in [0.5, 0.6) is 5.75 Å². The molecule has 0 bridgehead atoms. The third-order valence-electron chi connectivity index (χ3n) is 4.52. The highest BCUT2D eigenvalue weighted by molar-refractivity contribution is 7.89. The summed E-state index contributed by atoms with van der Waals surface area (Å²) < 4.78 is 33.5. The number of benzene rings is 2. The third-order valence-corrected chi connectivity index (χ3v) is 6.54. The lowest BCUT2D eigenvalue weighted by Crippen LogP contribution is -2.42. The number of oxime groups is 1. The van der Waals surface area contributed by atoms with Crippen molar-refractivity contribution in [1.29, 1.82) is 0 Å². The number of nitrogens with one attached hydrogen (secondary N) is 1. The second kappa shape index (κ2) is 11.7. The molecule has 12 heteroatoms. The summed E-state index contributed by atoms with van der Waals surface area (Å²) in [4.78, 5) is 16.6. The molecule has 0 aliphatic carbocycles. The minimum Gasteiger partial charge on any atom is -0.493 e. The summed E-state index contributed by atoms with van der Waals surface area (Å²) in [5.41, 5.74) is 11.9. The monoisotopic (exact) mass is 498 g/mol. The first-order valence-corrected chi connectivity index (χ1v) is 11.8. The first kappa shape index (κ1) is 26.2. The summed E-state index contributed by atoms with van der Waals surface area (Å²) in [5, 5.41) is 13.4. The van der Waals surface area contributed by atoms with E-state index in [1.807, 2.05) is 0 Å². The van der Waals surface area contributed by atoms with Gasteiger partial charge in [0.25, 0.3) is 0 Å². The Kier molecular flexibility index (Phi) is 9.32. The van der Waals surface area contributed by atoms with Gasteiger partial charge in [0.15, 0.2) is 0 Å². The van der Waals surface area contributed by atoms with E-state index >= 15 is 0 Å². The van der Waals surface area contributed by atoms with Gasteiger partial charge in [0, 0.05) is 11.4 Å². The minimum atomic E-state index is -4.08. The van der Waals surface area contributed by atoms with Gasteiger partial charge >= 0.3 is 5.97 Å². The largest absolute Gasteiger partial charge is 0.493 e. The van der Waals surface area contributed by atoms with Crippen LogP contribution in [0.3, 0.4) is 0 Å². The zero-order valence-corrected chi connectivity index (χ0v) is 19.8. The first-order valence-electron chi connectivity index (χ1n) is 9.94. The lowest BCUT2D eigenvalue weighted by Gasteiger charge is -2.17. The van der Waals surface area contributed by atoms with E-state index in [0.717, 1.165) is 0 Å². The van der Waals surface area contributed by atoms with Crippen molar-refractivity contribution in [2.45, 2.75) is 37.6 Å². The predicted molar refractivity (Wildman–Crippen MR) is 125 cm³/mol. The molecule has 0 aromatic heterocycles. The summed E-state index contributed by atoms with van der Waals surface area (Å²) >= 11 is 6.04. The van der Waals surface area contributed by atoms with Gasteiger partial charge in [-0.3, -0.25) is 4.79 Å². The van der Waals surface area contributed by atoms with Gasteiger partial charge in [0.1, 0.15) is 18.4 Å². The molecule has 0 amide bonds. The van der Waals surface area contributed by atoms with Crippen LogP contribution in [0, 0.1) is 13.8 Å². The smallest absolute Gasteiger partial charge is 0.322 e. The van der Waals surface area contributed by atoms with Crippen molar-refractivity contribution in [2.75, 3.05) is 13.2 Å². The number of sulfonamides is 1. The maximum Gasteiger partial charge on any atom is 0.322 e. The molecule has 0 heterocycles. The molecular weight excluding hydrogens is 472 g/mol. The number of carboxylic acids is 1. The topological polar surface area (TPSA) is 166 Å². The summed E-state index contributed by atoms with van der Waals surface area (Å²) in [7, 11) is -4.08. The van der Waals surface area contributed by atoms with E-state index in [9.17, 15) is 18.3 Å². The molecule has 0 aliphatic rings. The minimum absolute atomic E-state index is 0.0109. The van der Waals surface area contributed by atoms with Crippen LogP contribution in [0.4, 0.5) is 0 Å². The molecule has 0 saturated heterocycles. The number of rotatable bonds is 12. The molecule has 0 radical (unpaired) electrons. The number of guanidine groups is 1. The van der Waals surface area contributed by atoms with Gasteiger partial charge in [-0.05, 0) is 66.4 Å². The molecule has 0 aliphatic heterocycles. The van der Waals surface area contributed by atoms with E-state index in [1.54, 1.807) is 38.1 Å². The van der Waals surface area contributed by atoms with Gasteiger partial charge in [-0.15, -0.1) is 0 Å². The van der Waals surface area contributed by atoms with E-state index in [1.165, 1.54) is 12.1 Å². The van der Waals surface area contributed by atoms with Gasteiger partial charge in [-0.1, -0.05) is 23.7 Å². The highest BCUT2D eigenvalue weighted by Crippen LogP contribution is 2.24. The van der Waals surface area contributed by atoms with Gasteiger partial charge in [-0.2, -0.15) is 4.72 Å². The first-order chi connectivity index (χ1) is 15.5. The molecule has 33 heavy (non-hydrogen) atoms. The average Bonchev–Trinajstić information content (AvgIpc) is 2.73. The molecule has 180 valence electrons. The molecule has 2 aromatic rings. The standard InChI is InChI=1S/C21H27ClN4O6S/c1-13-11-19(14(2)10-17(13)22)33(29,30)26-18(20(27)28)12-15-4-6-16(7-5-15)31-8-3-9-32-25-21(23)24/h4-7,10-11,18,26H,3,8-9,12H2,1-2H3,(H,27,28)(H4,23,24,25)/t18-/m0/s1. The number of aliphatic carboxylic acids is 1. The predicted octanol–water partition coefficient (Wildman–Crippen LogP) is 1.90. The second-order valence-corrected chi connectivity index (χ2v) is 9.37. The maximum absolute atomic E-state index is 12.8. The molecule has 1 atom stereocenters. The quantitative estimate of drug-likeness (QED) is 0.149. The Bertz CT molecular complexity index is 1100. The van der Waals surface area contributed by atoms with Crippen molar-refractivity contribution in [3.05, 3.63) is 58.1 Å². The summed E-state index contributed by atoms with van der Waals surface area (Å²) in [6.07, 6.45) is 0.498. The Labute approximate surface area is 197 Å². The molecule has 6 N–H and O–H groups in total. The lowest BCUT2D eigenvalue weighted by molar-refractivity contribution is -0.138. The van der Waals surface area contributed by atoms with E-state index in [4.69, 9.17) is 32.6 Å². The molecule has 2 aromatic carbocycles. The fourth-order valence-electron chi connectivity index (χ4n) is 2.87. The van der Waals surface area contributed by atoms with Crippen molar-refractivity contribution < 1.29 is 27.9 Å². The number of carboxylic acid groups (broad SMARTS) is 1. The van der Waals surface area contributed by atoms with Gasteiger partial charge in [0.05, 0.1) is 11.5 Å². The Morgan fingerprint density at radius 3 is 2.42 bits per heavy atom. The summed E-state index contributed by atoms with van der Waals surface area (Å²) in [5.74, 6) is -0.879. The number of nitrogens with zero attached hydrogens (tertiary/aromatic N) is 1. The average molecular weight is 499 g/mol. The summed E-state index contributed by atoms with van der Waals surface area (Å²) in [6, 6.07) is 8.30. The normalized spacial score (nSPS) is 12.1. The van der Waals surface area contributed by atoms with Crippen molar-refractivity contribution in [1.82, 2.24) is 4.72 Å². The SMILES string of the molecule is Cc1cc(S(=O)(=O)N[C@@H](Cc2ccc(OCCCON=C(N)N)cc2)C(=O)O)c(C)cc1Cl. The Morgan fingerprint density at radius 2 is 1.82 bits per heavy atom. The maximum atomic E-state index is 12.8. The number of hydrogen-bond donors (Lipinski definition) is 4. The number of ether oxygens (including phenoxy) is 1. The van der Waals surface area contributed by atoms with Crippen LogP contribution >= 0.6 is 11.6 Å². The van der Waals surface area contributed by atoms with E-state index in [2.05, 4.69) is 9.88 Å². The fraction of sp³-hybridized carbons (Fsp3) is 0.333. The fourth-order valence-corrected chi connectivity index (χ4v) is 4.58. The Morgan fingerprint density at radius 1 is 1.15 bits per heavy atom. The molecular formula is C21H27ClN4O6S. The lowest BCUT2D eigenvalue weighted by atomic mass is 10.1. The van der Waals surface area contributed by atoms with E-state index < -0.39 is 22.0 Å². The Balaban J connectivity index is 2.00. The van der Waals surface area contributed by atoms with Crippen molar-refractivity contribution in [3.63, 3.8) is 0 Å². The van der Waals surface area contributed by atoms with Crippen LogP contribution < -0.4 is 20.9 Å². The number of halogens is 1. The number of hydrogen-bond acceptors (Lipinski definition) is 6. The summed E-state index contributed by atoms with van der Waals surface area (Å²) in [6.45, 7) is 3.91. The van der Waals surface area contributed by atoms with Crippen molar-refractivity contribution >= 4 is 33.6 Å². The molecule has 0 unspecified atom stereocenters. The Hall–Kier alpha value is -3.02. The van der Waals surface area contributed by atoms with Gasteiger partial charge in [-0.25, -0.2) is 8.42 Å². The van der Waals surface area contributed by atoms with Crippen molar-refractivity contribution in [3.8, 4) is 5.75 Å². The zero-order valence-electron chi connectivity index (χ0n) is 18.2.